The Bertz CT molecular complexity index is 484. The van der Waals surface area contributed by atoms with Gasteiger partial charge in [-0.3, -0.25) is 4.79 Å². The first-order valence-corrected chi connectivity index (χ1v) is 7.82. The number of nitrogens with one attached hydrogen (secondary N) is 1. The van der Waals surface area contributed by atoms with Gasteiger partial charge in [-0.1, -0.05) is 12.1 Å². The van der Waals surface area contributed by atoms with Crippen LogP contribution in [0.4, 0.5) is 4.39 Å². The van der Waals surface area contributed by atoms with E-state index in [9.17, 15) is 9.18 Å². The second-order valence-electron chi connectivity index (χ2n) is 5.99. The fourth-order valence-corrected chi connectivity index (χ4v) is 2.81. The Morgan fingerprint density at radius 3 is 2.76 bits per heavy atom. The lowest BCUT2D eigenvalue weighted by Gasteiger charge is -2.23. The van der Waals surface area contributed by atoms with Crippen LogP contribution in [-0.2, 0) is 11.3 Å². The number of amides is 1. The van der Waals surface area contributed by atoms with Crippen molar-refractivity contribution in [1.29, 1.82) is 0 Å². The molecule has 1 atom stereocenters. The lowest BCUT2D eigenvalue weighted by molar-refractivity contribution is -0.121. The average molecular weight is 292 g/mol. The molecule has 3 nitrogen and oxygen atoms in total. The lowest BCUT2D eigenvalue weighted by atomic mass is 10.1. The minimum atomic E-state index is -0.204. The first-order valence-electron chi connectivity index (χ1n) is 7.82. The minimum absolute atomic E-state index is 0.0722. The molecule has 116 valence electrons. The summed E-state index contributed by atoms with van der Waals surface area (Å²) in [4.78, 5) is 14.3. The summed E-state index contributed by atoms with van der Waals surface area (Å²) >= 11 is 0. The summed E-state index contributed by atoms with van der Waals surface area (Å²) in [6.07, 6.45) is 4.01. The van der Waals surface area contributed by atoms with E-state index < -0.39 is 0 Å². The third-order valence-electron chi connectivity index (χ3n) is 4.27. The zero-order valence-corrected chi connectivity index (χ0v) is 13.0. The Kier molecular flexibility index (Phi) is 5.74. The normalized spacial score (nSPS) is 16.9. The number of nitrogens with zero attached hydrogens (tertiary/aromatic N) is 1. The maximum absolute atomic E-state index is 13.2. The van der Waals surface area contributed by atoms with Crippen LogP contribution in [0, 0.1) is 12.7 Å². The largest absolute Gasteiger partial charge is 0.352 e. The number of halogens is 1. The average Bonchev–Trinajstić information content (AvgIpc) is 3.00. The molecular formula is C17H25FN2O. The van der Waals surface area contributed by atoms with Crippen molar-refractivity contribution in [1.82, 2.24) is 10.2 Å². The molecule has 2 rings (SSSR count). The van der Waals surface area contributed by atoms with E-state index in [2.05, 4.69) is 17.1 Å². The van der Waals surface area contributed by atoms with Gasteiger partial charge in [-0.15, -0.1) is 0 Å². The standard InChI is InChI=1S/C17H25FN2O/c1-13-11-15(6-7-16(13)18)12-19-17(21)8-5-14(2)20-9-3-4-10-20/h6-7,11,14H,3-5,8-10,12H2,1-2H3,(H,19,21)/t14-/m1/s1. The molecule has 1 N–H and O–H groups in total. The molecule has 0 aromatic heterocycles. The predicted octanol–water partition coefficient (Wildman–Crippen LogP) is 3.01. The molecule has 0 radical (unpaired) electrons. The highest BCUT2D eigenvalue weighted by Crippen LogP contribution is 2.15. The number of hydrogen-bond donors (Lipinski definition) is 1. The van der Waals surface area contributed by atoms with Crippen molar-refractivity contribution in [2.45, 2.75) is 52.1 Å². The van der Waals surface area contributed by atoms with E-state index in [4.69, 9.17) is 0 Å². The number of benzene rings is 1. The summed E-state index contributed by atoms with van der Waals surface area (Å²) in [5.41, 5.74) is 1.55. The molecule has 21 heavy (non-hydrogen) atoms. The molecule has 1 aromatic carbocycles. The molecule has 1 heterocycles. The summed E-state index contributed by atoms with van der Waals surface area (Å²) in [5, 5.41) is 2.91. The van der Waals surface area contributed by atoms with Crippen LogP contribution < -0.4 is 5.32 Å². The van der Waals surface area contributed by atoms with Gasteiger partial charge in [0.05, 0.1) is 0 Å². The van der Waals surface area contributed by atoms with Crippen molar-refractivity contribution in [2.24, 2.45) is 0 Å². The molecule has 1 fully saturated rings. The van der Waals surface area contributed by atoms with Gasteiger partial charge in [0.15, 0.2) is 0 Å². The molecule has 0 bridgehead atoms. The molecule has 1 aromatic rings. The van der Waals surface area contributed by atoms with Crippen molar-refractivity contribution in [2.75, 3.05) is 13.1 Å². The Hall–Kier alpha value is -1.42. The Balaban J connectivity index is 1.70. The van der Waals surface area contributed by atoms with Gasteiger partial charge in [0, 0.05) is 19.0 Å². The van der Waals surface area contributed by atoms with Crippen LogP contribution in [0.3, 0.4) is 0 Å². The lowest BCUT2D eigenvalue weighted by Crippen LogP contribution is -2.32. The third kappa shape index (κ3) is 4.81. The Labute approximate surface area is 126 Å². The van der Waals surface area contributed by atoms with Crippen molar-refractivity contribution >= 4 is 5.91 Å². The summed E-state index contributed by atoms with van der Waals surface area (Å²) in [7, 11) is 0. The molecule has 1 amide bonds. The highest BCUT2D eigenvalue weighted by Gasteiger charge is 2.18. The molecule has 1 aliphatic heterocycles. The van der Waals surface area contributed by atoms with Crippen molar-refractivity contribution in [3.8, 4) is 0 Å². The molecule has 0 saturated carbocycles. The van der Waals surface area contributed by atoms with Crippen molar-refractivity contribution < 1.29 is 9.18 Å². The van der Waals surface area contributed by atoms with E-state index in [-0.39, 0.29) is 11.7 Å². The number of carbonyl (C=O) groups is 1. The van der Waals surface area contributed by atoms with Crippen LogP contribution in [0.2, 0.25) is 0 Å². The summed E-state index contributed by atoms with van der Waals surface area (Å²) < 4.78 is 13.2. The highest BCUT2D eigenvalue weighted by atomic mass is 19.1. The van der Waals surface area contributed by atoms with Gasteiger partial charge in [-0.25, -0.2) is 4.39 Å². The minimum Gasteiger partial charge on any atom is -0.352 e. The van der Waals surface area contributed by atoms with Crippen LogP contribution in [0.25, 0.3) is 0 Å². The van der Waals surface area contributed by atoms with Gasteiger partial charge >= 0.3 is 0 Å². The molecule has 1 aliphatic rings. The van der Waals surface area contributed by atoms with Crippen LogP contribution in [-0.4, -0.2) is 29.9 Å². The smallest absolute Gasteiger partial charge is 0.220 e. The van der Waals surface area contributed by atoms with Crippen molar-refractivity contribution in [3.63, 3.8) is 0 Å². The zero-order valence-electron chi connectivity index (χ0n) is 13.0. The molecule has 0 unspecified atom stereocenters. The van der Waals surface area contributed by atoms with E-state index in [0.29, 0.717) is 24.6 Å². The number of carbonyl (C=O) groups excluding carboxylic acids is 1. The fraction of sp³-hybridized carbons (Fsp3) is 0.588. The number of aryl methyl sites for hydroxylation is 1. The predicted molar refractivity (Wildman–Crippen MR) is 82.5 cm³/mol. The Morgan fingerprint density at radius 2 is 2.10 bits per heavy atom. The highest BCUT2D eigenvalue weighted by molar-refractivity contribution is 5.75. The second-order valence-corrected chi connectivity index (χ2v) is 5.99. The van der Waals surface area contributed by atoms with Gasteiger partial charge in [-0.05, 0) is 63.4 Å². The van der Waals surface area contributed by atoms with Crippen LogP contribution in [0.5, 0.6) is 0 Å². The topological polar surface area (TPSA) is 32.3 Å². The van der Waals surface area contributed by atoms with E-state index in [1.54, 1.807) is 19.1 Å². The third-order valence-corrected chi connectivity index (χ3v) is 4.27. The van der Waals surface area contributed by atoms with Crippen LogP contribution in [0.1, 0.15) is 43.7 Å². The fourth-order valence-electron chi connectivity index (χ4n) is 2.81. The SMILES string of the molecule is Cc1cc(CNC(=O)CC[C@@H](C)N2CCCC2)ccc1F. The van der Waals surface area contributed by atoms with E-state index >= 15 is 0 Å². The monoisotopic (exact) mass is 292 g/mol. The second kappa shape index (κ2) is 7.55. The van der Waals surface area contributed by atoms with Gasteiger partial charge in [-0.2, -0.15) is 0 Å². The number of rotatable bonds is 6. The van der Waals surface area contributed by atoms with Crippen LogP contribution >= 0.6 is 0 Å². The summed E-state index contributed by atoms with van der Waals surface area (Å²) in [5.74, 6) is -0.132. The van der Waals surface area contributed by atoms with Gasteiger partial charge in [0.2, 0.25) is 5.91 Å². The van der Waals surface area contributed by atoms with Gasteiger partial charge < -0.3 is 10.2 Å². The van der Waals surface area contributed by atoms with Gasteiger partial charge in [0.1, 0.15) is 5.82 Å². The maximum Gasteiger partial charge on any atom is 0.220 e. The Morgan fingerprint density at radius 1 is 1.38 bits per heavy atom. The summed E-state index contributed by atoms with van der Waals surface area (Å²) in [6.45, 7) is 6.73. The van der Waals surface area contributed by atoms with Gasteiger partial charge in [0.25, 0.3) is 0 Å². The first kappa shape index (κ1) is 16.0. The number of hydrogen-bond acceptors (Lipinski definition) is 2. The molecular weight excluding hydrogens is 267 g/mol. The van der Waals surface area contributed by atoms with E-state index in [0.717, 1.165) is 25.1 Å². The maximum atomic E-state index is 13.2. The molecule has 0 spiro atoms. The first-order chi connectivity index (χ1) is 10.1. The summed E-state index contributed by atoms with van der Waals surface area (Å²) in [6, 6.07) is 5.43. The molecule has 1 saturated heterocycles. The van der Waals surface area contributed by atoms with E-state index in [1.807, 2.05) is 0 Å². The van der Waals surface area contributed by atoms with E-state index in [1.165, 1.54) is 18.9 Å². The van der Waals surface area contributed by atoms with Crippen LogP contribution in [0.15, 0.2) is 18.2 Å². The number of likely N-dealkylation sites (tertiary alicyclic amines) is 1. The quantitative estimate of drug-likeness (QED) is 0.874. The zero-order chi connectivity index (χ0) is 15.2. The molecule has 0 aliphatic carbocycles. The molecule has 4 heteroatoms. The van der Waals surface area contributed by atoms with Crippen molar-refractivity contribution in [3.05, 3.63) is 35.1 Å².